The smallest absolute Gasteiger partial charge is 0.399 e. The van der Waals surface area contributed by atoms with E-state index in [4.69, 9.17) is 15.0 Å². The van der Waals surface area contributed by atoms with Gasteiger partial charge in [0.2, 0.25) is 0 Å². The van der Waals surface area contributed by atoms with Crippen molar-refractivity contribution in [2.45, 2.75) is 38.9 Å². The van der Waals surface area contributed by atoms with Gasteiger partial charge in [0, 0.05) is 22.7 Å². The van der Waals surface area contributed by atoms with Gasteiger partial charge < -0.3 is 15.0 Å². The lowest BCUT2D eigenvalue weighted by Gasteiger charge is -2.32. The van der Waals surface area contributed by atoms with Crippen LogP contribution in [0.2, 0.25) is 0 Å². The first-order valence-corrected chi connectivity index (χ1v) is 6.80. The van der Waals surface area contributed by atoms with E-state index in [2.05, 4.69) is 4.98 Å². The quantitative estimate of drug-likeness (QED) is 0.637. The van der Waals surface area contributed by atoms with Crippen LogP contribution in [0.15, 0.2) is 30.5 Å². The van der Waals surface area contributed by atoms with Gasteiger partial charge in [0.15, 0.2) is 0 Å². The number of hydrogen-bond donors (Lipinski definition) is 1. The average Bonchev–Trinajstić information content (AvgIpc) is 2.59. The number of fused-ring (bicyclic) bond motifs is 1. The monoisotopic (exact) mass is 270 g/mol. The van der Waals surface area contributed by atoms with Crippen LogP contribution >= 0.6 is 0 Å². The molecule has 1 saturated heterocycles. The number of nitrogens with zero attached hydrogens (tertiary/aromatic N) is 1. The molecule has 0 aliphatic carbocycles. The van der Waals surface area contributed by atoms with Gasteiger partial charge in [0.25, 0.3) is 0 Å². The van der Waals surface area contributed by atoms with Crippen molar-refractivity contribution in [1.82, 2.24) is 4.98 Å². The second kappa shape index (κ2) is 4.20. The Morgan fingerprint density at radius 3 is 2.40 bits per heavy atom. The summed E-state index contributed by atoms with van der Waals surface area (Å²) in [7, 11) is -0.406. The van der Waals surface area contributed by atoms with Gasteiger partial charge in [-0.15, -0.1) is 0 Å². The molecule has 1 aromatic carbocycles. The topological polar surface area (TPSA) is 57.4 Å². The van der Waals surface area contributed by atoms with Crippen molar-refractivity contribution in [3.63, 3.8) is 0 Å². The van der Waals surface area contributed by atoms with Gasteiger partial charge in [0.1, 0.15) is 0 Å². The molecule has 1 fully saturated rings. The molecule has 2 N–H and O–H groups in total. The van der Waals surface area contributed by atoms with E-state index in [1.807, 2.05) is 52.0 Å². The molecule has 0 amide bonds. The Kier molecular flexibility index (Phi) is 2.82. The molecule has 104 valence electrons. The fourth-order valence-corrected chi connectivity index (χ4v) is 2.30. The van der Waals surface area contributed by atoms with E-state index in [-0.39, 0.29) is 11.2 Å². The van der Waals surface area contributed by atoms with E-state index in [9.17, 15) is 0 Å². The van der Waals surface area contributed by atoms with Gasteiger partial charge in [-0.25, -0.2) is 0 Å². The van der Waals surface area contributed by atoms with Crippen molar-refractivity contribution in [2.24, 2.45) is 0 Å². The summed E-state index contributed by atoms with van der Waals surface area (Å²) >= 11 is 0. The van der Waals surface area contributed by atoms with Crippen molar-refractivity contribution >= 4 is 29.2 Å². The molecule has 0 spiro atoms. The second-order valence-electron chi connectivity index (χ2n) is 6.27. The molecular formula is C15H19BN2O2. The normalized spacial score (nSPS) is 20.5. The Hall–Kier alpha value is -1.59. The fourth-order valence-electron chi connectivity index (χ4n) is 2.30. The van der Waals surface area contributed by atoms with E-state index in [1.54, 1.807) is 6.20 Å². The van der Waals surface area contributed by atoms with Gasteiger partial charge in [0.05, 0.1) is 16.7 Å². The molecule has 20 heavy (non-hydrogen) atoms. The number of rotatable bonds is 1. The van der Waals surface area contributed by atoms with E-state index >= 15 is 0 Å². The van der Waals surface area contributed by atoms with Crippen molar-refractivity contribution in [3.8, 4) is 0 Å². The second-order valence-corrected chi connectivity index (χ2v) is 6.27. The molecule has 5 heteroatoms. The highest BCUT2D eigenvalue weighted by atomic mass is 16.7. The minimum Gasteiger partial charge on any atom is -0.399 e. The van der Waals surface area contributed by atoms with Crippen molar-refractivity contribution in [1.29, 1.82) is 0 Å². The van der Waals surface area contributed by atoms with Crippen LogP contribution in [-0.4, -0.2) is 23.3 Å². The predicted octanol–water partition coefficient (Wildman–Crippen LogP) is 2.12. The SMILES string of the molecule is CC1(C)OB(c2cnc3cccc(N)c3c2)OC1(C)C. The molecule has 1 aromatic heterocycles. The van der Waals surface area contributed by atoms with Crippen LogP contribution in [0, 0.1) is 0 Å². The van der Waals surface area contributed by atoms with Crippen LogP contribution in [-0.2, 0) is 9.31 Å². The summed E-state index contributed by atoms with van der Waals surface area (Å²) in [6.45, 7) is 8.15. The molecule has 2 heterocycles. The summed E-state index contributed by atoms with van der Waals surface area (Å²) in [4.78, 5) is 4.44. The Balaban J connectivity index is 2.02. The van der Waals surface area contributed by atoms with Crippen molar-refractivity contribution < 1.29 is 9.31 Å². The average molecular weight is 270 g/mol. The summed E-state index contributed by atoms with van der Waals surface area (Å²) < 4.78 is 12.1. The predicted molar refractivity (Wildman–Crippen MR) is 81.9 cm³/mol. The van der Waals surface area contributed by atoms with Gasteiger partial charge in [-0.3, -0.25) is 4.98 Å². The molecule has 0 atom stereocenters. The lowest BCUT2D eigenvalue weighted by molar-refractivity contribution is 0.00578. The first-order chi connectivity index (χ1) is 9.30. The molecule has 0 saturated carbocycles. The maximum absolute atomic E-state index is 6.04. The van der Waals surface area contributed by atoms with Crippen LogP contribution in [0.3, 0.4) is 0 Å². The van der Waals surface area contributed by atoms with Crippen LogP contribution in [0.1, 0.15) is 27.7 Å². The van der Waals surface area contributed by atoms with Crippen LogP contribution in [0.5, 0.6) is 0 Å². The molecular weight excluding hydrogens is 251 g/mol. The molecule has 0 bridgehead atoms. The maximum Gasteiger partial charge on any atom is 0.496 e. The van der Waals surface area contributed by atoms with Gasteiger partial charge in [-0.1, -0.05) is 6.07 Å². The van der Waals surface area contributed by atoms with Crippen LogP contribution in [0.4, 0.5) is 5.69 Å². The van der Waals surface area contributed by atoms with Gasteiger partial charge in [-0.2, -0.15) is 0 Å². The minimum atomic E-state index is -0.406. The lowest BCUT2D eigenvalue weighted by atomic mass is 9.79. The summed E-state index contributed by atoms with van der Waals surface area (Å²) in [5, 5.41) is 0.930. The largest absolute Gasteiger partial charge is 0.496 e. The Bertz CT molecular complexity index is 654. The van der Waals surface area contributed by atoms with Crippen LogP contribution in [0.25, 0.3) is 10.9 Å². The zero-order valence-corrected chi connectivity index (χ0v) is 12.3. The summed E-state index contributed by atoms with van der Waals surface area (Å²) in [5.74, 6) is 0. The highest BCUT2D eigenvalue weighted by molar-refractivity contribution is 6.62. The molecule has 0 radical (unpaired) electrons. The van der Waals surface area contributed by atoms with Crippen LogP contribution < -0.4 is 11.2 Å². The molecule has 2 aromatic rings. The zero-order valence-electron chi connectivity index (χ0n) is 12.3. The first kappa shape index (κ1) is 13.4. The number of benzene rings is 1. The number of hydrogen-bond acceptors (Lipinski definition) is 4. The molecule has 0 unspecified atom stereocenters. The summed E-state index contributed by atoms with van der Waals surface area (Å²) in [5.41, 5.74) is 7.80. The molecule has 1 aliphatic heterocycles. The van der Waals surface area contributed by atoms with Gasteiger partial charge >= 0.3 is 7.12 Å². The van der Waals surface area contributed by atoms with E-state index in [1.165, 1.54) is 0 Å². The van der Waals surface area contributed by atoms with Crippen molar-refractivity contribution in [2.75, 3.05) is 5.73 Å². The molecule has 3 rings (SSSR count). The Morgan fingerprint density at radius 1 is 1.10 bits per heavy atom. The maximum atomic E-state index is 6.04. The Labute approximate surface area is 119 Å². The molecule has 1 aliphatic rings. The zero-order chi connectivity index (χ0) is 14.5. The van der Waals surface area contributed by atoms with Crippen molar-refractivity contribution in [3.05, 3.63) is 30.5 Å². The summed E-state index contributed by atoms with van der Waals surface area (Å²) in [6.07, 6.45) is 1.80. The Morgan fingerprint density at radius 2 is 1.75 bits per heavy atom. The minimum absolute atomic E-state index is 0.352. The third-order valence-electron chi connectivity index (χ3n) is 4.31. The fraction of sp³-hybridized carbons (Fsp3) is 0.400. The number of anilines is 1. The number of aromatic nitrogens is 1. The highest BCUT2D eigenvalue weighted by Crippen LogP contribution is 2.36. The summed E-state index contributed by atoms with van der Waals surface area (Å²) in [6, 6.07) is 7.72. The third kappa shape index (κ3) is 1.98. The van der Waals surface area contributed by atoms with E-state index in [0.717, 1.165) is 16.4 Å². The highest BCUT2D eigenvalue weighted by Gasteiger charge is 2.51. The number of pyridine rings is 1. The molecule has 4 nitrogen and oxygen atoms in total. The van der Waals surface area contributed by atoms with E-state index < -0.39 is 7.12 Å². The number of nitrogen functional groups attached to an aromatic ring is 1. The number of nitrogens with two attached hydrogens (primary N) is 1. The van der Waals surface area contributed by atoms with Gasteiger partial charge in [-0.05, 0) is 45.9 Å². The standard InChI is InChI=1S/C15H19BN2O2/c1-14(2)15(3,4)20-16(19-14)10-8-11-12(17)6-5-7-13(11)18-9-10/h5-9H,17H2,1-4H3. The first-order valence-electron chi connectivity index (χ1n) is 6.80. The lowest BCUT2D eigenvalue weighted by Crippen LogP contribution is -2.41. The van der Waals surface area contributed by atoms with E-state index in [0.29, 0.717) is 5.69 Å². The third-order valence-corrected chi connectivity index (χ3v) is 4.31.